The maximum atomic E-state index is 5.07. The number of hydrogen-bond donors (Lipinski definition) is 0. The first-order valence-corrected chi connectivity index (χ1v) is 6.58. The number of methoxy groups -OCH3 is 1. The van der Waals surface area contributed by atoms with E-state index >= 15 is 0 Å². The number of hydrogen-bond acceptors (Lipinski definition) is 5. The lowest BCUT2D eigenvalue weighted by atomic mass is 10.4. The van der Waals surface area contributed by atoms with Crippen molar-refractivity contribution in [2.75, 3.05) is 50.2 Å². The molecule has 2 heterocycles. The molecule has 0 N–H and O–H groups in total. The van der Waals surface area contributed by atoms with Gasteiger partial charge in [0.2, 0.25) is 0 Å². The van der Waals surface area contributed by atoms with Crippen LogP contribution >= 0.6 is 0 Å². The van der Waals surface area contributed by atoms with Gasteiger partial charge in [-0.2, -0.15) is 0 Å². The molecule has 0 aliphatic carbocycles. The van der Waals surface area contributed by atoms with Crippen molar-refractivity contribution in [1.29, 1.82) is 0 Å². The Hall–Kier alpha value is -1.36. The molecular formula is C13H22N4O. The van der Waals surface area contributed by atoms with Gasteiger partial charge in [0.1, 0.15) is 18.0 Å². The minimum Gasteiger partial charge on any atom is -0.385 e. The van der Waals surface area contributed by atoms with Gasteiger partial charge in [-0.15, -0.1) is 0 Å². The zero-order valence-electron chi connectivity index (χ0n) is 11.3. The van der Waals surface area contributed by atoms with Crippen molar-refractivity contribution in [1.82, 2.24) is 9.97 Å². The van der Waals surface area contributed by atoms with Crippen molar-refractivity contribution in [3.8, 4) is 0 Å². The number of aromatic nitrogens is 2. The van der Waals surface area contributed by atoms with Crippen molar-refractivity contribution in [3.05, 3.63) is 12.4 Å². The summed E-state index contributed by atoms with van der Waals surface area (Å²) in [5.41, 5.74) is 0. The molecule has 5 nitrogen and oxygen atoms in total. The quantitative estimate of drug-likeness (QED) is 0.717. The molecule has 0 amide bonds. The van der Waals surface area contributed by atoms with Gasteiger partial charge in [0.25, 0.3) is 0 Å². The molecule has 2 rings (SSSR count). The van der Waals surface area contributed by atoms with Gasteiger partial charge < -0.3 is 14.5 Å². The normalized spacial score (nSPS) is 15.1. The van der Waals surface area contributed by atoms with Crippen LogP contribution in [0.25, 0.3) is 0 Å². The van der Waals surface area contributed by atoms with E-state index in [0.29, 0.717) is 0 Å². The van der Waals surface area contributed by atoms with E-state index in [1.54, 1.807) is 13.4 Å². The van der Waals surface area contributed by atoms with Crippen LogP contribution < -0.4 is 9.80 Å². The van der Waals surface area contributed by atoms with E-state index in [4.69, 9.17) is 4.74 Å². The Labute approximate surface area is 109 Å². The van der Waals surface area contributed by atoms with Crippen LogP contribution in [0.1, 0.15) is 19.3 Å². The minimum atomic E-state index is 0.786. The topological polar surface area (TPSA) is 41.5 Å². The van der Waals surface area contributed by atoms with Crippen LogP contribution in [-0.4, -0.2) is 50.4 Å². The molecule has 1 fully saturated rings. The van der Waals surface area contributed by atoms with Gasteiger partial charge in [-0.25, -0.2) is 9.97 Å². The molecule has 1 aliphatic heterocycles. The van der Waals surface area contributed by atoms with Crippen LogP contribution in [0.4, 0.5) is 11.6 Å². The van der Waals surface area contributed by atoms with Gasteiger partial charge in [-0.05, 0) is 19.3 Å². The predicted octanol–water partition coefficient (Wildman–Crippen LogP) is 1.55. The predicted molar refractivity (Wildman–Crippen MR) is 73.2 cm³/mol. The summed E-state index contributed by atoms with van der Waals surface area (Å²) in [7, 11) is 3.79. The zero-order valence-corrected chi connectivity index (χ0v) is 11.3. The summed E-state index contributed by atoms with van der Waals surface area (Å²) in [5.74, 6) is 2.04. The lowest BCUT2D eigenvalue weighted by Gasteiger charge is -2.21. The molecule has 0 unspecified atom stereocenters. The van der Waals surface area contributed by atoms with Crippen molar-refractivity contribution in [2.45, 2.75) is 19.3 Å². The van der Waals surface area contributed by atoms with Gasteiger partial charge in [0.05, 0.1) is 0 Å². The van der Waals surface area contributed by atoms with Crippen molar-refractivity contribution >= 4 is 11.6 Å². The second-order valence-corrected chi connectivity index (χ2v) is 4.70. The van der Waals surface area contributed by atoms with Gasteiger partial charge in [0, 0.05) is 46.5 Å². The summed E-state index contributed by atoms with van der Waals surface area (Å²) < 4.78 is 5.07. The fourth-order valence-electron chi connectivity index (χ4n) is 2.23. The number of nitrogens with zero attached hydrogens (tertiary/aromatic N) is 4. The van der Waals surface area contributed by atoms with Crippen LogP contribution in [0.3, 0.4) is 0 Å². The molecule has 0 radical (unpaired) electrons. The molecule has 1 saturated heterocycles. The SMILES string of the molecule is COCCCN(C)c1cc(N2CCCC2)ncn1. The first-order valence-electron chi connectivity index (χ1n) is 6.58. The van der Waals surface area contributed by atoms with Crippen LogP contribution in [0.2, 0.25) is 0 Å². The van der Waals surface area contributed by atoms with E-state index in [1.807, 2.05) is 0 Å². The summed E-state index contributed by atoms with van der Waals surface area (Å²) in [6.45, 7) is 3.96. The Morgan fingerprint density at radius 3 is 2.83 bits per heavy atom. The molecule has 1 aromatic rings. The Kier molecular flexibility index (Phi) is 4.75. The second-order valence-electron chi connectivity index (χ2n) is 4.70. The van der Waals surface area contributed by atoms with Gasteiger partial charge >= 0.3 is 0 Å². The highest BCUT2D eigenvalue weighted by Crippen LogP contribution is 2.20. The molecule has 100 valence electrons. The van der Waals surface area contributed by atoms with Crippen molar-refractivity contribution < 1.29 is 4.74 Å². The molecule has 5 heteroatoms. The van der Waals surface area contributed by atoms with Crippen molar-refractivity contribution in [3.63, 3.8) is 0 Å². The van der Waals surface area contributed by atoms with E-state index in [2.05, 4.69) is 32.9 Å². The highest BCUT2D eigenvalue weighted by molar-refractivity contribution is 5.50. The highest BCUT2D eigenvalue weighted by atomic mass is 16.5. The Balaban J connectivity index is 1.97. The largest absolute Gasteiger partial charge is 0.385 e. The maximum absolute atomic E-state index is 5.07. The third-order valence-electron chi connectivity index (χ3n) is 3.30. The van der Waals surface area contributed by atoms with Gasteiger partial charge in [0.15, 0.2) is 0 Å². The highest BCUT2D eigenvalue weighted by Gasteiger charge is 2.14. The van der Waals surface area contributed by atoms with Gasteiger partial charge in [-0.1, -0.05) is 0 Å². The molecule has 1 aromatic heterocycles. The molecule has 1 aliphatic rings. The van der Waals surface area contributed by atoms with E-state index < -0.39 is 0 Å². The summed E-state index contributed by atoms with van der Waals surface area (Å²) in [5, 5.41) is 0. The van der Waals surface area contributed by atoms with E-state index in [-0.39, 0.29) is 0 Å². The Morgan fingerprint density at radius 1 is 1.33 bits per heavy atom. The molecule has 0 bridgehead atoms. The van der Waals surface area contributed by atoms with E-state index in [9.17, 15) is 0 Å². The number of anilines is 2. The molecule has 18 heavy (non-hydrogen) atoms. The first kappa shape index (κ1) is 13.1. The zero-order chi connectivity index (χ0) is 12.8. The van der Waals surface area contributed by atoms with Crippen LogP contribution in [0, 0.1) is 0 Å². The number of ether oxygens (including phenoxy) is 1. The fraction of sp³-hybridized carbons (Fsp3) is 0.692. The van der Waals surface area contributed by atoms with Crippen LogP contribution in [-0.2, 0) is 4.74 Å². The molecule has 0 aromatic carbocycles. The summed E-state index contributed by atoms with van der Waals surface area (Å²) in [4.78, 5) is 13.2. The smallest absolute Gasteiger partial charge is 0.134 e. The average molecular weight is 250 g/mol. The minimum absolute atomic E-state index is 0.786. The lowest BCUT2D eigenvalue weighted by Crippen LogP contribution is -2.23. The van der Waals surface area contributed by atoms with E-state index in [1.165, 1.54) is 12.8 Å². The summed E-state index contributed by atoms with van der Waals surface area (Å²) >= 11 is 0. The number of rotatable bonds is 6. The maximum Gasteiger partial charge on any atom is 0.134 e. The monoisotopic (exact) mass is 250 g/mol. The molecule has 0 saturated carbocycles. The molecular weight excluding hydrogens is 228 g/mol. The first-order chi connectivity index (χ1) is 8.81. The third-order valence-corrected chi connectivity index (χ3v) is 3.30. The molecule has 0 spiro atoms. The van der Waals surface area contributed by atoms with Crippen molar-refractivity contribution in [2.24, 2.45) is 0 Å². The van der Waals surface area contributed by atoms with Crippen LogP contribution in [0.15, 0.2) is 12.4 Å². The Morgan fingerprint density at radius 2 is 2.11 bits per heavy atom. The fourth-order valence-corrected chi connectivity index (χ4v) is 2.23. The summed E-state index contributed by atoms with van der Waals surface area (Å²) in [6.07, 6.45) is 5.21. The van der Waals surface area contributed by atoms with E-state index in [0.717, 1.165) is 44.3 Å². The third kappa shape index (κ3) is 3.32. The summed E-state index contributed by atoms with van der Waals surface area (Å²) in [6, 6.07) is 2.08. The average Bonchev–Trinajstić information content (AvgIpc) is 2.93. The second kappa shape index (κ2) is 6.54. The van der Waals surface area contributed by atoms with Gasteiger partial charge in [-0.3, -0.25) is 0 Å². The molecule has 0 atom stereocenters. The Bertz CT molecular complexity index is 366. The standard InChI is InChI=1S/C13H22N4O/c1-16(6-5-9-18-2)12-10-13(15-11-14-12)17-7-3-4-8-17/h10-11H,3-9H2,1-2H3. The van der Waals surface area contributed by atoms with Crippen LogP contribution in [0.5, 0.6) is 0 Å². The lowest BCUT2D eigenvalue weighted by molar-refractivity contribution is 0.196.